The van der Waals surface area contributed by atoms with Crippen LogP contribution in [0.5, 0.6) is 0 Å². The van der Waals surface area contributed by atoms with Gasteiger partial charge in [0.15, 0.2) is 0 Å². The van der Waals surface area contributed by atoms with E-state index < -0.39 is 0 Å². The highest BCUT2D eigenvalue weighted by atomic mass is 19.1. The molecule has 1 aliphatic heterocycles. The number of piperidine rings is 1. The Balaban J connectivity index is 1.64. The van der Waals surface area contributed by atoms with E-state index in [2.05, 4.69) is 24.1 Å². The third-order valence-electron chi connectivity index (χ3n) is 4.23. The fourth-order valence-electron chi connectivity index (χ4n) is 3.38. The molecule has 1 aromatic rings. The number of nitrogens with zero attached hydrogens (tertiary/aromatic N) is 1. The van der Waals surface area contributed by atoms with Crippen molar-refractivity contribution in [3.63, 3.8) is 0 Å². The van der Waals surface area contributed by atoms with Crippen molar-refractivity contribution in [2.24, 2.45) is 11.8 Å². The Bertz CT molecular complexity index is 482. The third kappa shape index (κ3) is 5.41. The summed E-state index contributed by atoms with van der Waals surface area (Å²) in [5.41, 5.74) is 0.457. The van der Waals surface area contributed by atoms with Gasteiger partial charge in [0.05, 0.1) is 6.42 Å². The summed E-state index contributed by atoms with van der Waals surface area (Å²) in [6.07, 6.45) is 2.38. The van der Waals surface area contributed by atoms with E-state index in [0.29, 0.717) is 12.1 Å². The van der Waals surface area contributed by atoms with E-state index in [1.165, 1.54) is 12.5 Å². The predicted molar refractivity (Wildman–Crippen MR) is 87.1 cm³/mol. The number of rotatable bonds is 6. The highest BCUT2D eigenvalue weighted by Crippen LogP contribution is 2.20. The summed E-state index contributed by atoms with van der Waals surface area (Å²) >= 11 is 0. The van der Waals surface area contributed by atoms with Crippen molar-refractivity contribution in [3.8, 4) is 0 Å². The van der Waals surface area contributed by atoms with E-state index in [4.69, 9.17) is 0 Å². The van der Waals surface area contributed by atoms with Crippen molar-refractivity contribution in [2.75, 3.05) is 26.2 Å². The molecule has 0 unspecified atom stereocenters. The number of carbonyl (C=O) groups is 1. The second-order valence-corrected chi connectivity index (χ2v) is 6.68. The summed E-state index contributed by atoms with van der Waals surface area (Å²) in [5, 5.41) is 2.89. The van der Waals surface area contributed by atoms with Gasteiger partial charge < -0.3 is 10.2 Å². The van der Waals surface area contributed by atoms with Gasteiger partial charge in [0.1, 0.15) is 5.82 Å². The lowest BCUT2D eigenvalue weighted by Crippen LogP contribution is -2.40. The van der Waals surface area contributed by atoms with Gasteiger partial charge in [-0.2, -0.15) is 0 Å². The molecule has 2 rings (SSSR count). The molecule has 4 heteroatoms. The van der Waals surface area contributed by atoms with Crippen LogP contribution in [0.2, 0.25) is 0 Å². The molecule has 0 bridgehead atoms. The van der Waals surface area contributed by atoms with Gasteiger partial charge in [-0.3, -0.25) is 4.79 Å². The van der Waals surface area contributed by atoms with Crippen LogP contribution < -0.4 is 5.32 Å². The smallest absolute Gasteiger partial charge is 0.224 e. The maximum absolute atomic E-state index is 13.5. The summed E-state index contributed by atoms with van der Waals surface area (Å²) < 4.78 is 13.5. The fourth-order valence-corrected chi connectivity index (χ4v) is 3.38. The molecule has 0 aromatic heterocycles. The lowest BCUT2D eigenvalue weighted by Gasteiger charge is -2.34. The topological polar surface area (TPSA) is 32.3 Å². The molecule has 1 aliphatic rings. The Labute approximate surface area is 132 Å². The van der Waals surface area contributed by atoms with Crippen LogP contribution >= 0.6 is 0 Å². The number of hydrogen-bond acceptors (Lipinski definition) is 2. The van der Waals surface area contributed by atoms with E-state index in [1.54, 1.807) is 18.2 Å². The number of carbonyl (C=O) groups excluding carboxylic acids is 1. The largest absolute Gasteiger partial charge is 0.356 e. The fraction of sp³-hybridized carbons (Fsp3) is 0.611. The molecule has 1 fully saturated rings. The molecule has 1 heterocycles. The van der Waals surface area contributed by atoms with Crippen LogP contribution in [0, 0.1) is 17.7 Å². The average Bonchev–Trinajstić information content (AvgIpc) is 2.45. The molecule has 1 saturated heterocycles. The highest BCUT2D eigenvalue weighted by molar-refractivity contribution is 5.78. The second-order valence-electron chi connectivity index (χ2n) is 6.68. The minimum atomic E-state index is -0.311. The summed E-state index contributed by atoms with van der Waals surface area (Å²) in [6, 6.07) is 6.44. The Kier molecular flexibility index (Phi) is 6.37. The van der Waals surface area contributed by atoms with Gasteiger partial charge in [-0.15, -0.1) is 0 Å². The van der Waals surface area contributed by atoms with Crippen molar-refractivity contribution < 1.29 is 9.18 Å². The monoisotopic (exact) mass is 306 g/mol. The van der Waals surface area contributed by atoms with Crippen molar-refractivity contribution in [1.82, 2.24) is 10.2 Å². The standard InChI is InChI=1S/C18H27FN2O/c1-14-10-15(2)13-21(12-14)9-5-8-20-18(22)11-16-6-3-4-7-17(16)19/h3-4,6-7,14-15H,5,8-13H2,1-2H3,(H,20,22)/t14-,15-/m1/s1. The van der Waals surface area contributed by atoms with Crippen LogP contribution in [0.4, 0.5) is 4.39 Å². The number of halogens is 1. The van der Waals surface area contributed by atoms with Crippen LogP contribution in [-0.2, 0) is 11.2 Å². The first-order chi connectivity index (χ1) is 10.5. The van der Waals surface area contributed by atoms with Gasteiger partial charge in [0.25, 0.3) is 0 Å². The molecule has 3 nitrogen and oxygen atoms in total. The maximum atomic E-state index is 13.5. The van der Waals surface area contributed by atoms with Crippen molar-refractivity contribution in [3.05, 3.63) is 35.6 Å². The Hall–Kier alpha value is -1.42. The molecule has 0 spiro atoms. The average molecular weight is 306 g/mol. The van der Waals surface area contributed by atoms with Gasteiger partial charge >= 0.3 is 0 Å². The molecule has 22 heavy (non-hydrogen) atoms. The summed E-state index contributed by atoms with van der Waals surface area (Å²) in [7, 11) is 0. The zero-order valence-corrected chi connectivity index (χ0v) is 13.6. The van der Waals surface area contributed by atoms with E-state index in [0.717, 1.165) is 37.9 Å². The molecular weight excluding hydrogens is 279 g/mol. The van der Waals surface area contributed by atoms with Crippen LogP contribution in [0.25, 0.3) is 0 Å². The van der Waals surface area contributed by atoms with Gasteiger partial charge in [0, 0.05) is 19.6 Å². The predicted octanol–water partition coefficient (Wildman–Crippen LogP) is 2.85. The first-order valence-electron chi connectivity index (χ1n) is 8.27. The van der Waals surface area contributed by atoms with E-state index in [-0.39, 0.29) is 18.1 Å². The maximum Gasteiger partial charge on any atom is 0.224 e. The normalized spacial score (nSPS) is 22.5. The van der Waals surface area contributed by atoms with Crippen LogP contribution in [0.1, 0.15) is 32.3 Å². The molecule has 1 N–H and O–H groups in total. The molecule has 0 aliphatic carbocycles. The lowest BCUT2D eigenvalue weighted by molar-refractivity contribution is -0.120. The number of hydrogen-bond donors (Lipinski definition) is 1. The van der Waals surface area contributed by atoms with Crippen molar-refractivity contribution in [2.45, 2.75) is 33.1 Å². The molecular formula is C18H27FN2O. The van der Waals surface area contributed by atoms with Crippen molar-refractivity contribution in [1.29, 1.82) is 0 Å². The molecule has 0 radical (unpaired) electrons. The summed E-state index contributed by atoms with van der Waals surface area (Å²) in [4.78, 5) is 14.3. The zero-order valence-electron chi connectivity index (χ0n) is 13.6. The van der Waals surface area contributed by atoms with Gasteiger partial charge in [-0.05, 0) is 42.9 Å². The Morgan fingerprint density at radius 3 is 2.64 bits per heavy atom. The van der Waals surface area contributed by atoms with Gasteiger partial charge in [-0.25, -0.2) is 4.39 Å². The molecule has 1 aromatic carbocycles. The quantitative estimate of drug-likeness (QED) is 0.820. The highest BCUT2D eigenvalue weighted by Gasteiger charge is 2.21. The third-order valence-corrected chi connectivity index (χ3v) is 4.23. The number of amides is 1. The summed E-state index contributed by atoms with van der Waals surface area (Å²) in [5.74, 6) is 1.11. The number of nitrogens with one attached hydrogen (secondary N) is 1. The van der Waals surface area contributed by atoms with Gasteiger partial charge in [-0.1, -0.05) is 32.0 Å². The van der Waals surface area contributed by atoms with Crippen molar-refractivity contribution >= 4 is 5.91 Å². The van der Waals surface area contributed by atoms with E-state index in [1.807, 2.05) is 0 Å². The first-order valence-corrected chi connectivity index (χ1v) is 8.27. The Morgan fingerprint density at radius 1 is 1.27 bits per heavy atom. The van der Waals surface area contributed by atoms with E-state index >= 15 is 0 Å². The van der Waals surface area contributed by atoms with Crippen LogP contribution in [0.3, 0.4) is 0 Å². The SMILES string of the molecule is C[C@@H]1C[C@@H](C)CN(CCCNC(=O)Cc2ccccc2F)C1. The van der Waals surface area contributed by atoms with Crippen LogP contribution in [0.15, 0.2) is 24.3 Å². The lowest BCUT2D eigenvalue weighted by atomic mass is 9.92. The molecule has 122 valence electrons. The van der Waals surface area contributed by atoms with Gasteiger partial charge in [0.2, 0.25) is 5.91 Å². The molecule has 0 saturated carbocycles. The number of benzene rings is 1. The summed E-state index contributed by atoms with van der Waals surface area (Å²) in [6.45, 7) is 8.61. The second kappa shape index (κ2) is 8.28. The minimum absolute atomic E-state index is 0.106. The zero-order chi connectivity index (χ0) is 15.9. The Morgan fingerprint density at radius 2 is 1.95 bits per heavy atom. The first kappa shape index (κ1) is 16.9. The minimum Gasteiger partial charge on any atom is -0.356 e. The molecule has 2 atom stereocenters. The molecule has 1 amide bonds. The van der Waals surface area contributed by atoms with E-state index in [9.17, 15) is 9.18 Å². The van der Waals surface area contributed by atoms with Crippen LogP contribution in [-0.4, -0.2) is 37.0 Å². The number of likely N-dealkylation sites (tertiary alicyclic amines) is 1.